The van der Waals surface area contributed by atoms with Crippen molar-refractivity contribution in [1.29, 1.82) is 0 Å². The van der Waals surface area contributed by atoms with Crippen molar-refractivity contribution in [3.05, 3.63) is 0 Å². The molecule has 0 aliphatic carbocycles. The standard InChI is InChI=1S/C15H26O/c1-3-5-7-8-9-10-12-14-15(16)13-11-6-4-2/h3,5,7-14H2,1-2H3. The first-order valence-corrected chi connectivity index (χ1v) is 6.72. The first kappa shape index (κ1) is 15.2. The van der Waals surface area contributed by atoms with E-state index in [1.165, 1.54) is 38.5 Å². The van der Waals surface area contributed by atoms with E-state index in [1.807, 2.05) is 6.92 Å². The molecule has 0 atom stereocenters. The number of carbonyl (C=O) groups excluding carboxylic acids is 1. The molecule has 0 amide bonds. The lowest BCUT2D eigenvalue weighted by Gasteiger charge is -2.00. The van der Waals surface area contributed by atoms with Crippen molar-refractivity contribution in [2.45, 2.75) is 78.1 Å². The van der Waals surface area contributed by atoms with Crippen LogP contribution in [0.25, 0.3) is 0 Å². The van der Waals surface area contributed by atoms with Crippen LogP contribution in [0.3, 0.4) is 0 Å². The SMILES string of the molecule is CC#CCCC(=O)CCCCCCCCC. The Hall–Kier alpha value is -0.770. The van der Waals surface area contributed by atoms with Gasteiger partial charge >= 0.3 is 0 Å². The van der Waals surface area contributed by atoms with Gasteiger partial charge in [-0.2, -0.15) is 0 Å². The van der Waals surface area contributed by atoms with E-state index in [-0.39, 0.29) is 0 Å². The van der Waals surface area contributed by atoms with Gasteiger partial charge in [0.05, 0.1) is 0 Å². The average Bonchev–Trinajstić information content (AvgIpc) is 2.28. The highest BCUT2D eigenvalue weighted by molar-refractivity contribution is 5.78. The van der Waals surface area contributed by atoms with E-state index in [0.717, 1.165) is 19.3 Å². The second-order valence-electron chi connectivity index (χ2n) is 4.34. The lowest BCUT2D eigenvalue weighted by atomic mass is 10.1. The second kappa shape index (κ2) is 12.3. The van der Waals surface area contributed by atoms with Crippen LogP contribution in [0.2, 0.25) is 0 Å². The molecule has 0 radical (unpaired) electrons. The van der Waals surface area contributed by atoms with Crippen molar-refractivity contribution in [2.75, 3.05) is 0 Å². The van der Waals surface area contributed by atoms with E-state index in [9.17, 15) is 4.79 Å². The molecular formula is C15H26O. The minimum atomic E-state index is 0.385. The summed E-state index contributed by atoms with van der Waals surface area (Å²) in [6, 6.07) is 0. The maximum atomic E-state index is 11.4. The van der Waals surface area contributed by atoms with Crippen LogP contribution in [-0.2, 0) is 4.79 Å². The molecule has 0 spiro atoms. The van der Waals surface area contributed by atoms with Crippen LogP contribution in [0, 0.1) is 11.8 Å². The van der Waals surface area contributed by atoms with Crippen molar-refractivity contribution < 1.29 is 4.79 Å². The molecule has 0 fully saturated rings. The Balaban J connectivity index is 3.17. The minimum Gasteiger partial charge on any atom is -0.300 e. The summed E-state index contributed by atoms with van der Waals surface area (Å²) in [6.07, 6.45) is 11.1. The highest BCUT2D eigenvalue weighted by atomic mass is 16.1. The zero-order valence-corrected chi connectivity index (χ0v) is 11.0. The van der Waals surface area contributed by atoms with Gasteiger partial charge in [-0.1, -0.05) is 45.4 Å². The summed E-state index contributed by atoms with van der Waals surface area (Å²) in [7, 11) is 0. The quantitative estimate of drug-likeness (QED) is 0.393. The number of hydrogen-bond donors (Lipinski definition) is 0. The fourth-order valence-electron chi connectivity index (χ4n) is 1.73. The molecule has 0 aliphatic heterocycles. The molecule has 0 saturated carbocycles. The van der Waals surface area contributed by atoms with Crippen LogP contribution in [0.4, 0.5) is 0 Å². The van der Waals surface area contributed by atoms with E-state index in [4.69, 9.17) is 0 Å². The van der Waals surface area contributed by atoms with Gasteiger partial charge in [0.15, 0.2) is 0 Å². The third-order valence-electron chi connectivity index (χ3n) is 2.76. The Morgan fingerprint density at radius 2 is 1.56 bits per heavy atom. The van der Waals surface area contributed by atoms with Crippen LogP contribution in [0.15, 0.2) is 0 Å². The van der Waals surface area contributed by atoms with Gasteiger partial charge < -0.3 is 0 Å². The smallest absolute Gasteiger partial charge is 0.133 e. The average molecular weight is 222 g/mol. The third-order valence-corrected chi connectivity index (χ3v) is 2.76. The highest BCUT2D eigenvalue weighted by Crippen LogP contribution is 2.09. The maximum absolute atomic E-state index is 11.4. The fourth-order valence-corrected chi connectivity index (χ4v) is 1.73. The number of rotatable bonds is 10. The zero-order chi connectivity index (χ0) is 12.1. The van der Waals surface area contributed by atoms with E-state index >= 15 is 0 Å². The molecule has 1 heteroatoms. The van der Waals surface area contributed by atoms with E-state index in [2.05, 4.69) is 18.8 Å². The molecule has 0 aromatic heterocycles. The van der Waals surface area contributed by atoms with Crippen LogP contribution in [0.5, 0.6) is 0 Å². The molecule has 0 rings (SSSR count). The monoisotopic (exact) mass is 222 g/mol. The van der Waals surface area contributed by atoms with E-state index < -0.39 is 0 Å². The summed E-state index contributed by atoms with van der Waals surface area (Å²) in [5.74, 6) is 6.14. The molecule has 0 bridgehead atoms. The van der Waals surface area contributed by atoms with E-state index in [0.29, 0.717) is 12.2 Å². The summed E-state index contributed by atoms with van der Waals surface area (Å²) in [5, 5.41) is 0. The van der Waals surface area contributed by atoms with Crippen LogP contribution < -0.4 is 0 Å². The predicted molar refractivity (Wildman–Crippen MR) is 70.3 cm³/mol. The molecule has 0 heterocycles. The second-order valence-corrected chi connectivity index (χ2v) is 4.34. The molecule has 0 N–H and O–H groups in total. The maximum Gasteiger partial charge on any atom is 0.133 e. The fraction of sp³-hybridized carbons (Fsp3) is 0.800. The minimum absolute atomic E-state index is 0.385. The summed E-state index contributed by atoms with van der Waals surface area (Å²) in [5.41, 5.74) is 0. The van der Waals surface area contributed by atoms with Crippen molar-refractivity contribution >= 4 is 5.78 Å². The van der Waals surface area contributed by atoms with Gasteiger partial charge in [-0.15, -0.1) is 11.8 Å². The number of unbranched alkanes of at least 4 members (excludes halogenated alkanes) is 6. The number of ketones is 1. The lowest BCUT2D eigenvalue weighted by molar-refractivity contribution is -0.119. The van der Waals surface area contributed by atoms with E-state index in [1.54, 1.807) is 0 Å². The normalized spacial score (nSPS) is 9.62. The van der Waals surface area contributed by atoms with Gasteiger partial charge in [-0.3, -0.25) is 4.79 Å². The predicted octanol–water partition coefficient (Wildman–Crippen LogP) is 4.50. The summed E-state index contributed by atoms with van der Waals surface area (Å²) in [4.78, 5) is 11.4. The zero-order valence-electron chi connectivity index (χ0n) is 11.0. The molecule has 0 aromatic carbocycles. The van der Waals surface area contributed by atoms with Crippen molar-refractivity contribution in [1.82, 2.24) is 0 Å². The molecular weight excluding hydrogens is 196 g/mol. The van der Waals surface area contributed by atoms with Gasteiger partial charge in [0.25, 0.3) is 0 Å². The van der Waals surface area contributed by atoms with Gasteiger partial charge in [-0.25, -0.2) is 0 Å². The number of hydrogen-bond acceptors (Lipinski definition) is 1. The molecule has 0 aliphatic rings. The summed E-state index contributed by atoms with van der Waals surface area (Å²) < 4.78 is 0. The Morgan fingerprint density at radius 1 is 0.938 bits per heavy atom. The molecule has 16 heavy (non-hydrogen) atoms. The molecule has 0 unspecified atom stereocenters. The highest BCUT2D eigenvalue weighted by Gasteiger charge is 2.00. The van der Waals surface area contributed by atoms with Crippen LogP contribution in [-0.4, -0.2) is 5.78 Å². The summed E-state index contributed by atoms with van der Waals surface area (Å²) >= 11 is 0. The van der Waals surface area contributed by atoms with Crippen molar-refractivity contribution in [3.8, 4) is 11.8 Å². The largest absolute Gasteiger partial charge is 0.300 e. The van der Waals surface area contributed by atoms with Gasteiger partial charge in [0, 0.05) is 19.3 Å². The topological polar surface area (TPSA) is 17.1 Å². The first-order valence-electron chi connectivity index (χ1n) is 6.72. The Morgan fingerprint density at radius 3 is 2.19 bits per heavy atom. The summed E-state index contributed by atoms with van der Waals surface area (Å²) in [6.45, 7) is 4.05. The molecule has 0 saturated heterocycles. The Kier molecular flexibility index (Phi) is 11.7. The van der Waals surface area contributed by atoms with Crippen LogP contribution in [0.1, 0.15) is 78.1 Å². The Labute approximate surface area is 101 Å². The third kappa shape index (κ3) is 11.3. The number of carbonyl (C=O) groups is 1. The van der Waals surface area contributed by atoms with Crippen molar-refractivity contribution in [2.24, 2.45) is 0 Å². The first-order chi connectivity index (χ1) is 7.81. The molecule has 92 valence electrons. The molecule has 1 nitrogen and oxygen atoms in total. The lowest BCUT2D eigenvalue weighted by Crippen LogP contribution is -1.96. The van der Waals surface area contributed by atoms with Gasteiger partial charge in [-0.05, 0) is 13.3 Å². The number of Topliss-reactive ketones (excluding diaryl/α,β-unsaturated/α-hetero) is 1. The Bertz CT molecular complexity index is 219. The van der Waals surface area contributed by atoms with Crippen molar-refractivity contribution in [3.63, 3.8) is 0 Å². The van der Waals surface area contributed by atoms with Crippen LogP contribution >= 0.6 is 0 Å². The molecule has 0 aromatic rings. The van der Waals surface area contributed by atoms with Gasteiger partial charge in [0.1, 0.15) is 5.78 Å². The van der Waals surface area contributed by atoms with Gasteiger partial charge in [0.2, 0.25) is 0 Å².